The summed E-state index contributed by atoms with van der Waals surface area (Å²) in [6.07, 6.45) is 0. The van der Waals surface area contributed by atoms with Crippen molar-refractivity contribution in [3.8, 4) is 5.69 Å². The summed E-state index contributed by atoms with van der Waals surface area (Å²) in [5.74, 6) is 0.960. The molecule has 0 aliphatic carbocycles. The molecular formula is C17H24N4OS. The van der Waals surface area contributed by atoms with E-state index in [1.54, 1.807) is 0 Å². The van der Waals surface area contributed by atoms with E-state index in [1.807, 2.05) is 55.4 Å². The number of hydrogen-bond acceptors (Lipinski definition) is 4. The number of amides is 1. The van der Waals surface area contributed by atoms with Crippen LogP contribution in [0.25, 0.3) is 5.69 Å². The van der Waals surface area contributed by atoms with Gasteiger partial charge in [0.15, 0.2) is 5.16 Å². The fraction of sp³-hybridized carbons (Fsp3) is 0.471. The van der Waals surface area contributed by atoms with E-state index in [0.717, 1.165) is 35.3 Å². The molecule has 124 valence electrons. The van der Waals surface area contributed by atoms with Crippen molar-refractivity contribution in [3.63, 3.8) is 0 Å². The number of thioether (sulfide) groups is 1. The third-order valence-corrected chi connectivity index (χ3v) is 4.89. The highest BCUT2D eigenvalue weighted by atomic mass is 32.2. The molecule has 0 saturated heterocycles. The van der Waals surface area contributed by atoms with Crippen LogP contribution in [0.2, 0.25) is 0 Å². The van der Waals surface area contributed by atoms with Gasteiger partial charge in [0.2, 0.25) is 5.91 Å². The van der Waals surface area contributed by atoms with Crippen LogP contribution in [0, 0.1) is 13.8 Å². The molecule has 2 rings (SSSR count). The molecule has 0 spiro atoms. The van der Waals surface area contributed by atoms with Crippen LogP contribution in [0.3, 0.4) is 0 Å². The van der Waals surface area contributed by atoms with Gasteiger partial charge in [0, 0.05) is 13.1 Å². The molecule has 1 aromatic carbocycles. The van der Waals surface area contributed by atoms with E-state index in [0.29, 0.717) is 0 Å². The molecule has 0 N–H and O–H groups in total. The van der Waals surface area contributed by atoms with Crippen LogP contribution in [0.4, 0.5) is 0 Å². The molecule has 0 radical (unpaired) electrons. The van der Waals surface area contributed by atoms with Crippen LogP contribution < -0.4 is 0 Å². The summed E-state index contributed by atoms with van der Waals surface area (Å²) in [7, 11) is 0. The predicted octanol–water partition coefficient (Wildman–Crippen LogP) is 3.23. The normalized spacial score (nSPS) is 12.2. The summed E-state index contributed by atoms with van der Waals surface area (Å²) in [6, 6.07) is 8.12. The lowest BCUT2D eigenvalue weighted by molar-refractivity contribution is -0.129. The summed E-state index contributed by atoms with van der Waals surface area (Å²) < 4.78 is 2.02. The summed E-state index contributed by atoms with van der Waals surface area (Å²) >= 11 is 1.46. The zero-order chi connectivity index (χ0) is 17.0. The number of benzene rings is 1. The molecule has 1 atom stereocenters. The molecule has 0 bridgehead atoms. The van der Waals surface area contributed by atoms with Crippen molar-refractivity contribution in [1.82, 2.24) is 19.7 Å². The van der Waals surface area contributed by atoms with Crippen molar-refractivity contribution in [2.24, 2.45) is 0 Å². The quantitative estimate of drug-likeness (QED) is 0.762. The van der Waals surface area contributed by atoms with Crippen LogP contribution >= 0.6 is 11.8 Å². The Morgan fingerprint density at radius 2 is 1.87 bits per heavy atom. The maximum atomic E-state index is 12.5. The maximum Gasteiger partial charge on any atom is 0.235 e. The van der Waals surface area contributed by atoms with Crippen molar-refractivity contribution in [2.45, 2.75) is 45.0 Å². The summed E-state index contributed by atoms with van der Waals surface area (Å²) in [6.45, 7) is 11.4. The van der Waals surface area contributed by atoms with Gasteiger partial charge in [0.1, 0.15) is 5.82 Å². The second kappa shape index (κ2) is 7.64. The first-order valence-electron chi connectivity index (χ1n) is 7.93. The molecule has 1 aromatic heterocycles. The smallest absolute Gasteiger partial charge is 0.235 e. The van der Waals surface area contributed by atoms with Crippen LogP contribution in [-0.4, -0.2) is 43.9 Å². The SMILES string of the molecule is CCN(CC)C(=O)C(C)Sc1nnc(C)n1-c1ccccc1C. The third-order valence-electron chi connectivity index (χ3n) is 3.86. The van der Waals surface area contributed by atoms with Crippen molar-refractivity contribution < 1.29 is 4.79 Å². The molecule has 5 nitrogen and oxygen atoms in total. The van der Waals surface area contributed by atoms with Crippen LogP contribution in [0.15, 0.2) is 29.4 Å². The monoisotopic (exact) mass is 332 g/mol. The maximum absolute atomic E-state index is 12.5. The average Bonchev–Trinajstić information content (AvgIpc) is 2.89. The highest BCUT2D eigenvalue weighted by Gasteiger charge is 2.23. The van der Waals surface area contributed by atoms with Crippen molar-refractivity contribution in [1.29, 1.82) is 0 Å². The van der Waals surface area contributed by atoms with E-state index in [1.165, 1.54) is 11.8 Å². The molecule has 0 aliphatic rings. The first-order chi connectivity index (χ1) is 11.0. The first kappa shape index (κ1) is 17.5. The molecule has 23 heavy (non-hydrogen) atoms. The molecule has 1 unspecified atom stereocenters. The minimum absolute atomic E-state index is 0.136. The highest BCUT2D eigenvalue weighted by molar-refractivity contribution is 8.00. The fourth-order valence-corrected chi connectivity index (χ4v) is 3.50. The lowest BCUT2D eigenvalue weighted by Gasteiger charge is -2.22. The summed E-state index contributed by atoms with van der Waals surface area (Å²) in [5, 5.41) is 9.03. The zero-order valence-electron chi connectivity index (χ0n) is 14.4. The van der Waals surface area contributed by atoms with Gasteiger partial charge in [-0.2, -0.15) is 0 Å². The van der Waals surface area contributed by atoms with Crippen molar-refractivity contribution in [2.75, 3.05) is 13.1 Å². The number of carbonyl (C=O) groups excluding carboxylic acids is 1. The lowest BCUT2D eigenvalue weighted by Crippen LogP contribution is -2.36. The number of aromatic nitrogens is 3. The van der Waals surface area contributed by atoms with Crippen LogP contribution in [-0.2, 0) is 4.79 Å². The molecule has 6 heteroatoms. The third kappa shape index (κ3) is 3.75. The average molecular weight is 332 g/mol. The Labute approximate surface area is 142 Å². The van der Waals surface area contributed by atoms with E-state index in [-0.39, 0.29) is 11.2 Å². The highest BCUT2D eigenvalue weighted by Crippen LogP contribution is 2.27. The van der Waals surface area contributed by atoms with E-state index < -0.39 is 0 Å². The first-order valence-corrected chi connectivity index (χ1v) is 8.81. The molecular weight excluding hydrogens is 308 g/mol. The standard InChI is InChI=1S/C17H24N4OS/c1-6-20(7-2)16(22)13(4)23-17-19-18-14(5)21(17)15-11-9-8-10-12(15)3/h8-11,13H,6-7H2,1-5H3. The number of para-hydroxylation sites is 1. The summed E-state index contributed by atoms with van der Waals surface area (Å²) in [4.78, 5) is 14.3. The topological polar surface area (TPSA) is 51.0 Å². The van der Waals surface area contributed by atoms with Gasteiger partial charge in [-0.15, -0.1) is 10.2 Å². The van der Waals surface area contributed by atoms with Gasteiger partial charge in [-0.25, -0.2) is 0 Å². The van der Waals surface area contributed by atoms with Crippen LogP contribution in [0.5, 0.6) is 0 Å². The molecule has 1 heterocycles. The van der Waals surface area contributed by atoms with Gasteiger partial charge in [-0.3, -0.25) is 9.36 Å². The van der Waals surface area contributed by atoms with E-state index in [2.05, 4.69) is 23.2 Å². The van der Waals surface area contributed by atoms with Gasteiger partial charge in [0.05, 0.1) is 10.9 Å². The predicted molar refractivity (Wildman–Crippen MR) is 94.1 cm³/mol. The lowest BCUT2D eigenvalue weighted by atomic mass is 10.2. The van der Waals surface area contributed by atoms with E-state index in [9.17, 15) is 4.79 Å². The fourth-order valence-electron chi connectivity index (χ4n) is 2.51. The minimum atomic E-state index is -0.193. The van der Waals surface area contributed by atoms with E-state index >= 15 is 0 Å². The van der Waals surface area contributed by atoms with Crippen molar-refractivity contribution >= 4 is 17.7 Å². The zero-order valence-corrected chi connectivity index (χ0v) is 15.2. The summed E-state index contributed by atoms with van der Waals surface area (Å²) in [5.41, 5.74) is 2.21. The van der Waals surface area contributed by atoms with Gasteiger partial charge in [0.25, 0.3) is 0 Å². The van der Waals surface area contributed by atoms with Crippen molar-refractivity contribution in [3.05, 3.63) is 35.7 Å². The molecule has 0 saturated carbocycles. The number of nitrogens with zero attached hydrogens (tertiary/aromatic N) is 4. The van der Waals surface area contributed by atoms with Gasteiger partial charge >= 0.3 is 0 Å². The number of aryl methyl sites for hydroxylation is 2. The molecule has 0 aliphatic heterocycles. The van der Waals surface area contributed by atoms with Gasteiger partial charge in [-0.05, 0) is 46.2 Å². The molecule has 1 amide bonds. The number of carbonyl (C=O) groups is 1. The molecule has 0 fully saturated rings. The Balaban J connectivity index is 2.29. The minimum Gasteiger partial charge on any atom is -0.342 e. The number of hydrogen-bond donors (Lipinski definition) is 0. The Hall–Kier alpha value is -1.82. The van der Waals surface area contributed by atoms with Gasteiger partial charge in [-0.1, -0.05) is 30.0 Å². The van der Waals surface area contributed by atoms with E-state index in [4.69, 9.17) is 0 Å². The second-order valence-electron chi connectivity index (χ2n) is 5.42. The Bertz CT molecular complexity index is 679. The Morgan fingerprint density at radius 3 is 2.48 bits per heavy atom. The second-order valence-corrected chi connectivity index (χ2v) is 6.73. The van der Waals surface area contributed by atoms with Gasteiger partial charge < -0.3 is 4.90 Å². The Kier molecular flexibility index (Phi) is 5.82. The van der Waals surface area contributed by atoms with Crippen LogP contribution in [0.1, 0.15) is 32.2 Å². The molecule has 2 aromatic rings. The largest absolute Gasteiger partial charge is 0.342 e. The number of rotatable bonds is 6. The Morgan fingerprint density at radius 1 is 1.22 bits per heavy atom.